The molecule has 4 rings (SSSR count). The molecule has 0 aliphatic carbocycles. The summed E-state index contributed by atoms with van der Waals surface area (Å²) >= 11 is 12.1. The van der Waals surface area contributed by atoms with Gasteiger partial charge in [-0.1, -0.05) is 23.2 Å². The Bertz CT molecular complexity index is 1020. The number of carbonyl (C=O) groups excluding carboxylic acids is 2. The van der Waals surface area contributed by atoms with Gasteiger partial charge in [-0.3, -0.25) is 9.59 Å². The van der Waals surface area contributed by atoms with Gasteiger partial charge in [0.2, 0.25) is 0 Å². The van der Waals surface area contributed by atoms with E-state index in [0.29, 0.717) is 47.4 Å². The molecule has 2 heterocycles. The molecule has 0 saturated carbocycles. The summed E-state index contributed by atoms with van der Waals surface area (Å²) in [4.78, 5) is 29.0. The Kier molecular flexibility index (Phi) is 5.60. The van der Waals surface area contributed by atoms with Crippen LogP contribution in [0.1, 0.15) is 20.7 Å². The Morgan fingerprint density at radius 2 is 1.34 bits per heavy atom. The van der Waals surface area contributed by atoms with Gasteiger partial charge in [-0.05, 0) is 54.6 Å². The van der Waals surface area contributed by atoms with Crippen molar-refractivity contribution < 1.29 is 9.59 Å². The van der Waals surface area contributed by atoms with Gasteiger partial charge in [-0.15, -0.1) is 0 Å². The molecule has 0 unspecified atom stereocenters. The van der Waals surface area contributed by atoms with Crippen LogP contribution in [0.3, 0.4) is 0 Å². The zero-order valence-corrected chi connectivity index (χ0v) is 17.1. The Labute approximate surface area is 179 Å². The van der Waals surface area contributed by atoms with Gasteiger partial charge >= 0.3 is 0 Å². The highest BCUT2D eigenvalue weighted by Gasteiger charge is 2.26. The van der Waals surface area contributed by atoms with E-state index in [9.17, 15) is 9.59 Å². The average Bonchev–Trinajstić information content (AvgIpc) is 3.30. The number of halogens is 2. The highest BCUT2D eigenvalue weighted by Crippen LogP contribution is 2.23. The van der Waals surface area contributed by atoms with Crippen molar-refractivity contribution in [1.29, 1.82) is 0 Å². The molecule has 1 fully saturated rings. The predicted octanol–water partition coefficient (Wildman–Crippen LogP) is 4.38. The molecule has 0 N–H and O–H groups in total. The lowest BCUT2D eigenvalue weighted by atomic mass is 10.1. The lowest BCUT2D eigenvalue weighted by Gasteiger charge is -2.35. The minimum absolute atomic E-state index is 0.0306. The molecule has 7 heteroatoms. The third kappa shape index (κ3) is 4.16. The molecule has 0 radical (unpaired) electrons. The maximum Gasteiger partial charge on any atom is 0.255 e. The molecule has 0 spiro atoms. The van der Waals surface area contributed by atoms with E-state index in [1.165, 1.54) is 0 Å². The molecular formula is C22H19Cl2N3O2. The summed E-state index contributed by atoms with van der Waals surface area (Å²) < 4.78 is 1.99. The van der Waals surface area contributed by atoms with Gasteiger partial charge in [-0.25, -0.2) is 0 Å². The number of aromatic nitrogens is 1. The minimum Gasteiger partial charge on any atom is -0.335 e. The smallest absolute Gasteiger partial charge is 0.255 e. The summed E-state index contributed by atoms with van der Waals surface area (Å²) in [5, 5.41) is 0.843. The van der Waals surface area contributed by atoms with Crippen molar-refractivity contribution in [3.8, 4) is 5.69 Å². The normalized spacial score (nSPS) is 14.1. The Morgan fingerprint density at radius 1 is 0.759 bits per heavy atom. The van der Waals surface area contributed by atoms with Gasteiger partial charge in [-0.2, -0.15) is 0 Å². The van der Waals surface area contributed by atoms with Crippen LogP contribution in [0.2, 0.25) is 10.0 Å². The van der Waals surface area contributed by atoms with Gasteiger partial charge in [0, 0.05) is 54.8 Å². The van der Waals surface area contributed by atoms with E-state index in [0.717, 1.165) is 5.69 Å². The van der Waals surface area contributed by atoms with Crippen LogP contribution < -0.4 is 0 Å². The third-order valence-corrected chi connectivity index (χ3v) is 5.59. The lowest BCUT2D eigenvalue weighted by Crippen LogP contribution is -2.50. The van der Waals surface area contributed by atoms with E-state index in [2.05, 4.69) is 0 Å². The molecule has 2 aromatic carbocycles. The molecule has 1 aliphatic rings. The van der Waals surface area contributed by atoms with Crippen molar-refractivity contribution >= 4 is 35.0 Å². The molecule has 5 nitrogen and oxygen atoms in total. The van der Waals surface area contributed by atoms with Gasteiger partial charge in [0.05, 0.1) is 10.6 Å². The minimum atomic E-state index is -0.166. The number of hydrogen-bond acceptors (Lipinski definition) is 2. The fourth-order valence-corrected chi connectivity index (χ4v) is 3.78. The van der Waals surface area contributed by atoms with Crippen LogP contribution in [-0.4, -0.2) is 52.4 Å². The van der Waals surface area contributed by atoms with Crippen LogP contribution >= 0.6 is 23.2 Å². The van der Waals surface area contributed by atoms with Crippen LogP contribution in [0.5, 0.6) is 0 Å². The maximum atomic E-state index is 12.8. The summed E-state index contributed by atoms with van der Waals surface area (Å²) in [6.07, 6.45) is 3.92. The number of piperazine rings is 1. The summed E-state index contributed by atoms with van der Waals surface area (Å²) in [5.41, 5.74) is 2.03. The number of nitrogens with zero attached hydrogens (tertiary/aromatic N) is 3. The Balaban J connectivity index is 1.39. The predicted molar refractivity (Wildman–Crippen MR) is 114 cm³/mol. The summed E-state index contributed by atoms with van der Waals surface area (Å²) in [7, 11) is 0. The second-order valence-electron chi connectivity index (χ2n) is 6.85. The molecule has 148 valence electrons. The van der Waals surface area contributed by atoms with Crippen molar-refractivity contribution in [2.75, 3.05) is 26.2 Å². The van der Waals surface area contributed by atoms with Crippen LogP contribution in [0.4, 0.5) is 0 Å². The topological polar surface area (TPSA) is 45.6 Å². The molecule has 1 saturated heterocycles. The number of hydrogen-bond donors (Lipinski definition) is 0. The Hall–Kier alpha value is -2.76. The molecule has 29 heavy (non-hydrogen) atoms. The molecule has 1 aromatic heterocycles. The van der Waals surface area contributed by atoms with E-state index in [1.807, 2.05) is 53.4 Å². The van der Waals surface area contributed by atoms with Crippen molar-refractivity contribution in [3.05, 3.63) is 88.2 Å². The Morgan fingerprint density at radius 3 is 1.97 bits per heavy atom. The highest BCUT2D eigenvalue weighted by atomic mass is 35.5. The monoisotopic (exact) mass is 427 g/mol. The third-order valence-electron chi connectivity index (χ3n) is 5.03. The largest absolute Gasteiger partial charge is 0.335 e. The summed E-state index contributed by atoms with van der Waals surface area (Å²) in [6, 6.07) is 16.3. The molecular weight excluding hydrogens is 409 g/mol. The first-order valence-corrected chi connectivity index (χ1v) is 10.1. The van der Waals surface area contributed by atoms with Crippen molar-refractivity contribution in [2.24, 2.45) is 0 Å². The van der Waals surface area contributed by atoms with Crippen LogP contribution in [0, 0.1) is 0 Å². The van der Waals surface area contributed by atoms with E-state index >= 15 is 0 Å². The quantitative estimate of drug-likeness (QED) is 0.622. The summed E-state index contributed by atoms with van der Waals surface area (Å²) in [5.74, 6) is -0.197. The standard InChI is InChI=1S/C22H19Cl2N3O2/c23-17-5-8-20(24)19(15-17)22(29)27-13-11-26(12-14-27)21(28)16-3-6-18(7-4-16)25-9-1-2-10-25/h1-10,15H,11-14H2. The van der Waals surface area contributed by atoms with Crippen molar-refractivity contribution in [2.45, 2.75) is 0 Å². The first-order chi connectivity index (χ1) is 14.0. The molecule has 0 bridgehead atoms. The van der Waals surface area contributed by atoms with E-state index in [4.69, 9.17) is 23.2 Å². The number of amides is 2. The maximum absolute atomic E-state index is 12.8. The first kappa shape index (κ1) is 19.6. The zero-order valence-electron chi connectivity index (χ0n) is 15.6. The molecule has 1 aliphatic heterocycles. The summed E-state index contributed by atoms with van der Waals surface area (Å²) in [6.45, 7) is 1.86. The van der Waals surface area contributed by atoms with Crippen molar-refractivity contribution in [1.82, 2.24) is 14.4 Å². The fraction of sp³-hybridized carbons (Fsp3) is 0.182. The SMILES string of the molecule is O=C(c1ccc(-n2cccc2)cc1)N1CCN(C(=O)c2cc(Cl)ccc2Cl)CC1. The molecule has 0 atom stereocenters. The van der Waals surface area contributed by atoms with Gasteiger partial charge < -0.3 is 14.4 Å². The number of carbonyl (C=O) groups is 2. The lowest BCUT2D eigenvalue weighted by molar-refractivity contribution is 0.0535. The average molecular weight is 428 g/mol. The van der Waals surface area contributed by atoms with Crippen LogP contribution in [0.25, 0.3) is 5.69 Å². The van der Waals surface area contributed by atoms with Gasteiger partial charge in [0.25, 0.3) is 11.8 Å². The van der Waals surface area contributed by atoms with Crippen molar-refractivity contribution in [3.63, 3.8) is 0 Å². The highest BCUT2D eigenvalue weighted by molar-refractivity contribution is 6.35. The molecule has 2 amide bonds. The number of rotatable bonds is 3. The van der Waals surface area contributed by atoms with Crippen LogP contribution in [0.15, 0.2) is 67.0 Å². The van der Waals surface area contributed by atoms with E-state index < -0.39 is 0 Å². The zero-order chi connectivity index (χ0) is 20.4. The molecule has 3 aromatic rings. The fourth-order valence-electron chi connectivity index (χ4n) is 3.41. The van der Waals surface area contributed by atoms with E-state index in [-0.39, 0.29) is 11.8 Å². The second-order valence-corrected chi connectivity index (χ2v) is 7.69. The van der Waals surface area contributed by atoms with Crippen LogP contribution in [-0.2, 0) is 0 Å². The number of benzene rings is 2. The van der Waals surface area contributed by atoms with Gasteiger partial charge in [0.15, 0.2) is 0 Å². The van der Waals surface area contributed by atoms with Gasteiger partial charge in [0.1, 0.15) is 0 Å². The first-order valence-electron chi connectivity index (χ1n) is 9.30. The van der Waals surface area contributed by atoms with E-state index in [1.54, 1.807) is 28.0 Å². The second kappa shape index (κ2) is 8.31.